The molecule has 178 valence electrons. The Bertz CT molecular complexity index is 746. The summed E-state index contributed by atoms with van der Waals surface area (Å²) < 4.78 is 16.7. The first-order valence-corrected chi connectivity index (χ1v) is 11.5. The minimum Gasteiger partial charge on any atom is -0.493 e. The number of hydrogen-bond donors (Lipinski definition) is 1. The Morgan fingerprint density at radius 3 is 2.44 bits per heavy atom. The molecule has 2 heterocycles. The second kappa shape index (κ2) is 12.5. The third kappa shape index (κ3) is 7.00. The molecule has 2 aliphatic rings. The fourth-order valence-corrected chi connectivity index (χ4v) is 3.83. The Labute approximate surface area is 191 Å². The molecule has 2 fully saturated rings. The van der Waals surface area contributed by atoms with Gasteiger partial charge in [0.1, 0.15) is 6.10 Å². The summed E-state index contributed by atoms with van der Waals surface area (Å²) in [5, 5.41) is 3.39. The molecular weight excluding hydrogens is 410 g/mol. The number of piperazine rings is 1. The monoisotopic (exact) mass is 447 g/mol. The van der Waals surface area contributed by atoms with Crippen LogP contribution >= 0.6 is 0 Å². The van der Waals surface area contributed by atoms with Crippen LogP contribution in [0.2, 0.25) is 0 Å². The Hall–Kier alpha value is -2.52. The highest BCUT2D eigenvalue weighted by molar-refractivity contribution is 5.80. The molecule has 2 saturated heterocycles. The molecule has 1 atom stereocenters. The van der Waals surface area contributed by atoms with E-state index >= 15 is 0 Å². The van der Waals surface area contributed by atoms with Crippen LogP contribution in [0.5, 0.6) is 11.5 Å². The summed E-state index contributed by atoms with van der Waals surface area (Å²) in [6.07, 6.45) is -0.0904. The number of nitrogens with zero attached hydrogens (tertiary/aromatic N) is 4. The van der Waals surface area contributed by atoms with Crippen LogP contribution in [0.25, 0.3) is 0 Å². The topological polar surface area (TPSA) is 78.9 Å². The fraction of sp³-hybridized carbons (Fsp3) is 0.652. The lowest BCUT2D eigenvalue weighted by Gasteiger charge is -2.37. The fourth-order valence-electron chi connectivity index (χ4n) is 3.83. The summed E-state index contributed by atoms with van der Waals surface area (Å²) in [5.74, 6) is 2.53. The maximum absolute atomic E-state index is 12.5. The smallest absolute Gasteiger partial charge is 0.236 e. The van der Waals surface area contributed by atoms with Crippen molar-refractivity contribution >= 4 is 11.9 Å². The Kier molecular flexibility index (Phi) is 9.43. The first-order valence-electron chi connectivity index (χ1n) is 11.5. The molecule has 32 heavy (non-hydrogen) atoms. The molecule has 1 amide bonds. The lowest BCUT2D eigenvalue weighted by Crippen LogP contribution is -2.55. The van der Waals surface area contributed by atoms with Gasteiger partial charge in [-0.1, -0.05) is 12.1 Å². The van der Waals surface area contributed by atoms with Crippen LogP contribution in [0.1, 0.15) is 13.8 Å². The quantitative estimate of drug-likeness (QED) is 0.469. The van der Waals surface area contributed by atoms with Crippen LogP contribution in [-0.2, 0) is 9.53 Å². The van der Waals surface area contributed by atoms with Gasteiger partial charge in [-0.05, 0) is 26.0 Å². The van der Waals surface area contributed by atoms with Crippen molar-refractivity contribution in [2.24, 2.45) is 4.99 Å². The molecule has 1 aromatic rings. The van der Waals surface area contributed by atoms with Crippen molar-refractivity contribution in [3.63, 3.8) is 0 Å². The molecule has 0 saturated carbocycles. The second-order valence-corrected chi connectivity index (χ2v) is 8.03. The minimum absolute atomic E-state index is 0.0904. The second-order valence-electron chi connectivity index (χ2n) is 8.03. The molecule has 2 aliphatic heterocycles. The van der Waals surface area contributed by atoms with Gasteiger partial charge in [0.15, 0.2) is 17.5 Å². The molecule has 0 bridgehead atoms. The maximum atomic E-state index is 12.5. The molecule has 9 heteroatoms. The van der Waals surface area contributed by atoms with Gasteiger partial charge in [0.2, 0.25) is 5.91 Å². The summed E-state index contributed by atoms with van der Waals surface area (Å²) in [5.41, 5.74) is 0. The van der Waals surface area contributed by atoms with E-state index in [0.29, 0.717) is 39.4 Å². The highest BCUT2D eigenvalue weighted by atomic mass is 16.5. The number of morpholine rings is 1. The first kappa shape index (κ1) is 24.1. The average molecular weight is 448 g/mol. The average Bonchev–Trinajstić information content (AvgIpc) is 2.83. The summed E-state index contributed by atoms with van der Waals surface area (Å²) in [7, 11) is 1.64. The highest BCUT2D eigenvalue weighted by Crippen LogP contribution is 2.26. The van der Waals surface area contributed by atoms with Crippen LogP contribution in [0, 0.1) is 0 Å². The maximum Gasteiger partial charge on any atom is 0.236 e. The lowest BCUT2D eigenvalue weighted by atomic mass is 10.3. The van der Waals surface area contributed by atoms with Crippen LogP contribution in [-0.4, -0.2) is 112 Å². The molecule has 1 aromatic carbocycles. The SMILES string of the molecule is CCNC(=NCC(C)Oc1ccccc1OC)N1CCN(CC(=O)N2CCOCC2)CC1. The van der Waals surface area contributed by atoms with E-state index in [1.54, 1.807) is 7.11 Å². The number of ether oxygens (including phenoxy) is 3. The Morgan fingerprint density at radius 2 is 1.78 bits per heavy atom. The Balaban J connectivity index is 1.48. The van der Waals surface area contributed by atoms with Crippen molar-refractivity contribution in [2.45, 2.75) is 20.0 Å². The van der Waals surface area contributed by atoms with Gasteiger partial charge in [-0.25, -0.2) is 4.99 Å². The summed E-state index contributed by atoms with van der Waals surface area (Å²) in [6.45, 7) is 11.9. The number of para-hydroxylation sites is 2. The molecule has 0 radical (unpaired) electrons. The number of amides is 1. The molecule has 1 N–H and O–H groups in total. The lowest BCUT2D eigenvalue weighted by molar-refractivity contribution is -0.136. The van der Waals surface area contributed by atoms with E-state index in [1.807, 2.05) is 36.1 Å². The predicted molar refractivity (Wildman–Crippen MR) is 124 cm³/mol. The summed E-state index contributed by atoms with van der Waals surface area (Å²) in [6, 6.07) is 7.65. The van der Waals surface area contributed by atoms with Gasteiger partial charge in [-0.15, -0.1) is 0 Å². The van der Waals surface area contributed by atoms with E-state index in [2.05, 4.69) is 22.0 Å². The predicted octanol–water partition coefficient (Wildman–Crippen LogP) is 0.904. The van der Waals surface area contributed by atoms with Gasteiger partial charge >= 0.3 is 0 Å². The molecule has 0 aliphatic carbocycles. The van der Waals surface area contributed by atoms with Crippen LogP contribution in [0.3, 0.4) is 0 Å². The number of carbonyl (C=O) groups excluding carboxylic acids is 1. The number of hydrogen-bond acceptors (Lipinski definition) is 6. The van der Waals surface area contributed by atoms with Crippen molar-refractivity contribution in [1.29, 1.82) is 0 Å². The zero-order valence-corrected chi connectivity index (χ0v) is 19.6. The van der Waals surface area contributed by atoms with Gasteiger partial charge in [-0.2, -0.15) is 0 Å². The molecule has 0 aromatic heterocycles. The zero-order valence-electron chi connectivity index (χ0n) is 19.6. The summed E-state index contributed by atoms with van der Waals surface area (Å²) in [4.78, 5) is 23.7. The van der Waals surface area contributed by atoms with E-state index in [4.69, 9.17) is 19.2 Å². The number of methoxy groups -OCH3 is 1. The molecule has 9 nitrogen and oxygen atoms in total. The van der Waals surface area contributed by atoms with Crippen LogP contribution < -0.4 is 14.8 Å². The third-order valence-corrected chi connectivity index (χ3v) is 5.62. The number of guanidine groups is 1. The van der Waals surface area contributed by atoms with E-state index in [1.165, 1.54) is 0 Å². The Morgan fingerprint density at radius 1 is 1.09 bits per heavy atom. The molecule has 1 unspecified atom stereocenters. The molecule has 3 rings (SSSR count). The van der Waals surface area contributed by atoms with E-state index < -0.39 is 0 Å². The number of aliphatic imine (C=N–C) groups is 1. The van der Waals surface area contributed by atoms with Crippen molar-refractivity contribution in [2.75, 3.05) is 79.2 Å². The normalized spacial score (nSPS) is 18.9. The zero-order chi connectivity index (χ0) is 22.8. The minimum atomic E-state index is -0.0904. The third-order valence-electron chi connectivity index (χ3n) is 5.62. The number of nitrogens with one attached hydrogen (secondary N) is 1. The van der Waals surface area contributed by atoms with Crippen molar-refractivity contribution < 1.29 is 19.0 Å². The van der Waals surface area contributed by atoms with Crippen molar-refractivity contribution in [1.82, 2.24) is 20.0 Å². The van der Waals surface area contributed by atoms with Crippen LogP contribution in [0.15, 0.2) is 29.3 Å². The van der Waals surface area contributed by atoms with Gasteiger partial charge in [0, 0.05) is 45.8 Å². The van der Waals surface area contributed by atoms with Gasteiger partial charge in [0.25, 0.3) is 0 Å². The van der Waals surface area contributed by atoms with Crippen molar-refractivity contribution in [3.8, 4) is 11.5 Å². The molecular formula is C23H37N5O4. The largest absolute Gasteiger partial charge is 0.493 e. The summed E-state index contributed by atoms with van der Waals surface area (Å²) >= 11 is 0. The standard InChI is InChI=1S/C23H37N5O4/c1-4-24-23(25-17-19(2)32-21-8-6-5-7-20(21)30-3)28-11-9-26(10-12-28)18-22(29)27-13-15-31-16-14-27/h5-8,19H,4,9-18H2,1-3H3,(H,24,25). The first-order chi connectivity index (χ1) is 15.6. The van der Waals surface area contributed by atoms with E-state index in [0.717, 1.165) is 50.2 Å². The number of carbonyl (C=O) groups is 1. The van der Waals surface area contributed by atoms with Gasteiger partial charge in [-0.3, -0.25) is 9.69 Å². The highest BCUT2D eigenvalue weighted by Gasteiger charge is 2.24. The van der Waals surface area contributed by atoms with Crippen molar-refractivity contribution in [3.05, 3.63) is 24.3 Å². The number of benzene rings is 1. The molecule has 0 spiro atoms. The van der Waals surface area contributed by atoms with E-state index in [-0.39, 0.29) is 12.0 Å². The van der Waals surface area contributed by atoms with Gasteiger partial charge < -0.3 is 29.3 Å². The van der Waals surface area contributed by atoms with Gasteiger partial charge in [0.05, 0.1) is 33.4 Å². The van der Waals surface area contributed by atoms with Crippen LogP contribution in [0.4, 0.5) is 0 Å². The number of rotatable bonds is 8. The van der Waals surface area contributed by atoms with E-state index in [9.17, 15) is 4.79 Å².